The molecule has 0 fully saturated rings. The minimum absolute atomic E-state index is 0.0773. The summed E-state index contributed by atoms with van der Waals surface area (Å²) in [5.74, 6) is -1.40. The Balaban J connectivity index is 2.86. The van der Waals surface area contributed by atoms with Crippen LogP contribution in [0.2, 0.25) is 0 Å². The van der Waals surface area contributed by atoms with Crippen LogP contribution in [0.4, 0.5) is 5.82 Å². The van der Waals surface area contributed by atoms with Gasteiger partial charge in [0.15, 0.2) is 6.10 Å². The van der Waals surface area contributed by atoms with Crippen molar-refractivity contribution in [3.05, 3.63) is 34.0 Å². The highest BCUT2D eigenvalue weighted by Gasteiger charge is 2.27. The highest BCUT2D eigenvalue weighted by atomic mass is 16.6. The van der Waals surface area contributed by atoms with Crippen molar-refractivity contribution in [1.29, 1.82) is 0 Å². The van der Waals surface area contributed by atoms with Crippen LogP contribution in [0.25, 0.3) is 0 Å². The van der Waals surface area contributed by atoms with Crippen LogP contribution in [-0.4, -0.2) is 39.3 Å². The lowest BCUT2D eigenvalue weighted by molar-refractivity contribution is -0.389. The molecule has 8 heteroatoms. The van der Waals surface area contributed by atoms with E-state index in [4.69, 9.17) is 0 Å². The molecule has 0 bridgehead atoms. The molecule has 2 unspecified atom stereocenters. The molecule has 0 aliphatic rings. The summed E-state index contributed by atoms with van der Waals surface area (Å²) >= 11 is 0. The van der Waals surface area contributed by atoms with E-state index >= 15 is 0 Å². The van der Waals surface area contributed by atoms with Gasteiger partial charge in [-0.2, -0.15) is 0 Å². The first kappa shape index (κ1) is 13.0. The van der Waals surface area contributed by atoms with Gasteiger partial charge in [-0.25, -0.2) is 4.79 Å². The van der Waals surface area contributed by atoms with Gasteiger partial charge in [-0.15, -0.1) is 0 Å². The lowest BCUT2D eigenvalue weighted by atomic mass is 10.1. The van der Waals surface area contributed by atoms with Gasteiger partial charge in [0.05, 0.1) is 7.11 Å². The summed E-state index contributed by atoms with van der Waals surface area (Å²) in [5.41, 5.74) is 0.0773. The molecule has 0 aliphatic carbocycles. The molecule has 1 aromatic heterocycles. The van der Waals surface area contributed by atoms with Crippen LogP contribution in [0.1, 0.15) is 11.7 Å². The molecule has 8 nitrogen and oxygen atoms in total. The molecule has 0 saturated carbocycles. The molecule has 0 amide bonds. The molecule has 1 rings (SSSR count). The summed E-state index contributed by atoms with van der Waals surface area (Å²) in [6, 6.07) is 2.25. The van der Waals surface area contributed by atoms with Gasteiger partial charge in [0, 0.05) is 11.6 Å². The van der Waals surface area contributed by atoms with Gasteiger partial charge >= 0.3 is 11.8 Å². The van der Waals surface area contributed by atoms with Crippen molar-refractivity contribution in [3.8, 4) is 0 Å². The van der Waals surface area contributed by atoms with Crippen molar-refractivity contribution >= 4 is 11.8 Å². The van der Waals surface area contributed by atoms with E-state index in [2.05, 4.69) is 9.72 Å². The molecule has 0 aliphatic heterocycles. The average Bonchev–Trinajstić information content (AvgIpc) is 2.36. The van der Waals surface area contributed by atoms with Crippen LogP contribution in [0.5, 0.6) is 0 Å². The second kappa shape index (κ2) is 5.32. The second-order valence-electron chi connectivity index (χ2n) is 3.12. The third-order valence-corrected chi connectivity index (χ3v) is 2.04. The fourth-order valence-electron chi connectivity index (χ4n) is 1.11. The van der Waals surface area contributed by atoms with E-state index in [-0.39, 0.29) is 5.56 Å². The monoisotopic (exact) mass is 242 g/mol. The van der Waals surface area contributed by atoms with Gasteiger partial charge in [0.2, 0.25) is 0 Å². The lowest BCUT2D eigenvalue weighted by Crippen LogP contribution is -2.29. The minimum Gasteiger partial charge on any atom is -0.467 e. The van der Waals surface area contributed by atoms with Gasteiger partial charge in [0.1, 0.15) is 12.3 Å². The number of esters is 1. The van der Waals surface area contributed by atoms with Crippen molar-refractivity contribution in [2.75, 3.05) is 7.11 Å². The molecule has 92 valence electrons. The van der Waals surface area contributed by atoms with Crippen LogP contribution in [-0.2, 0) is 9.53 Å². The Morgan fingerprint density at radius 1 is 1.53 bits per heavy atom. The van der Waals surface area contributed by atoms with E-state index in [0.717, 1.165) is 19.4 Å². The van der Waals surface area contributed by atoms with E-state index < -0.39 is 28.9 Å². The number of hydrogen-bond acceptors (Lipinski definition) is 7. The molecular weight excluding hydrogens is 232 g/mol. The van der Waals surface area contributed by atoms with Crippen LogP contribution >= 0.6 is 0 Å². The maximum Gasteiger partial charge on any atom is 0.363 e. The Labute approximate surface area is 95.6 Å². The number of ether oxygens (including phenoxy) is 1. The molecule has 0 spiro atoms. The highest BCUT2D eigenvalue weighted by Crippen LogP contribution is 2.18. The van der Waals surface area contributed by atoms with E-state index in [0.29, 0.717) is 0 Å². The van der Waals surface area contributed by atoms with Crippen molar-refractivity contribution in [2.45, 2.75) is 12.2 Å². The zero-order chi connectivity index (χ0) is 13.0. The number of carbonyl (C=O) groups excluding carboxylic acids is 1. The Morgan fingerprint density at radius 3 is 2.59 bits per heavy atom. The maximum atomic E-state index is 10.9. The minimum atomic E-state index is -1.76. The third-order valence-electron chi connectivity index (χ3n) is 2.04. The Hall–Kier alpha value is -2.06. The van der Waals surface area contributed by atoms with Gasteiger partial charge in [-0.3, -0.25) is 0 Å². The molecule has 0 saturated heterocycles. The van der Waals surface area contributed by atoms with Gasteiger partial charge in [0.25, 0.3) is 0 Å². The number of hydrogen-bond donors (Lipinski definition) is 2. The quantitative estimate of drug-likeness (QED) is 0.416. The van der Waals surface area contributed by atoms with Crippen molar-refractivity contribution in [1.82, 2.24) is 4.98 Å². The number of aromatic nitrogens is 1. The Kier molecular flexibility index (Phi) is 4.07. The predicted octanol–water partition coefficient (Wildman–Crippen LogP) is -0.443. The van der Waals surface area contributed by atoms with Crippen molar-refractivity contribution in [3.63, 3.8) is 0 Å². The van der Waals surface area contributed by atoms with Crippen LogP contribution in [0, 0.1) is 10.1 Å². The summed E-state index contributed by atoms with van der Waals surface area (Å²) < 4.78 is 4.24. The molecule has 0 radical (unpaired) electrons. The number of methoxy groups -OCH3 is 1. The molecule has 2 N–H and O–H groups in total. The second-order valence-corrected chi connectivity index (χ2v) is 3.12. The van der Waals surface area contributed by atoms with E-state index in [1.807, 2.05) is 0 Å². The standard InChI is InChI=1S/C9H10N2O6/c1-17-9(14)8(13)7(12)5-2-3-6(10-4-5)11(15)16/h2-4,7-8,12-13H,1H3. The molecule has 2 atom stereocenters. The first-order valence-corrected chi connectivity index (χ1v) is 4.51. The zero-order valence-corrected chi connectivity index (χ0v) is 8.81. The van der Waals surface area contributed by atoms with E-state index in [9.17, 15) is 25.1 Å². The molecule has 1 aromatic rings. The maximum absolute atomic E-state index is 10.9. The van der Waals surface area contributed by atoms with Gasteiger partial charge in [-0.1, -0.05) is 0 Å². The summed E-state index contributed by atoms with van der Waals surface area (Å²) in [5, 5.41) is 29.2. The van der Waals surface area contributed by atoms with Gasteiger partial charge < -0.3 is 25.1 Å². The van der Waals surface area contributed by atoms with Crippen LogP contribution < -0.4 is 0 Å². The van der Waals surface area contributed by atoms with Crippen LogP contribution in [0.3, 0.4) is 0 Å². The van der Waals surface area contributed by atoms with E-state index in [1.54, 1.807) is 0 Å². The number of aliphatic hydroxyl groups is 2. The Bertz CT molecular complexity index is 418. The zero-order valence-electron chi connectivity index (χ0n) is 8.81. The van der Waals surface area contributed by atoms with Crippen LogP contribution in [0.15, 0.2) is 18.3 Å². The number of nitrogens with zero attached hydrogens (tertiary/aromatic N) is 2. The normalized spacial score (nSPS) is 13.8. The summed E-state index contributed by atoms with van der Waals surface area (Å²) in [6.45, 7) is 0. The largest absolute Gasteiger partial charge is 0.467 e. The fourth-order valence-corrected chi connectivity index (χ4v) is 1.11. The number of aliphatic hydroxyl groups excluding tert-OH is 2. The van der Waals surface area contributed by atoms with Crippen molar-refractivity contribution < 1.29 is 24.7 Å². The Morgan fingerprint density at radius 2 is 2.18 bits per heavy atom. The molecule has 1 heterocycles. The highest BCUT2D eigenvalue weighted by molar-refractivity contribution is 5.75. The summed E-state index contributed by atoms with van der Waals surface area (Å²) in [7, 11) is 1.06. The predicted molar refractivity (Wildman–Crippen MR) is 53.9 cm³/mol. The lowest BCUT2D eigenvalue weighted by Gasteiger charge is -2.14. The smallest absolute Gasteiger partial charge is 0.363 e. The number of rotatable bonds is 4. The summed E-state index contributed by atoms with van der Waals surface area (Å²) in [4.78, 5) is 24.0. The van der Waals surface area contributed by atoms with Crippen molar-refractivity contribution in [2.24, 2.45) is 0 Å². The number of carbonyl (C=O) groups is 1. The SMILES string of the molecule is COC(=O)C(O)C(O)c1ccc([N+](=O)[O-])nc1. The number of pyridine rings is 1. The topological polar surface area (TPSA) is 123 Å². The fraction of sp³-hybridized carbons (Fsp3) is 0.333. The summed E-state index contributed by atoms with van der Waals surface area (Å²) in [6.07, 6.45) is -2.30. The number of nitro groups is 1. The first-order chi connectivity index (χ1) is 7.97. The molecule has 0 aromatic carbocycles. The third kappa shape index (κ3) is 2.95. The van der Waals surface area contributed by atoms with Gasteiger partial charge in [-0.05, 0) is 16.0 Å². The first-order valence-electron chi connectivity index (χ1n) is 4.51. The van der Waals surface area contributed by atoms with E-state index in [1.165, 1.54) is 6.07 Å². The average molecular weight is 242 g/mol. The molecular formula is C9H10N2O6. The molecule has 17 heavy (non-hydrogen) atoms.